The van der Waals surface area contributed by atoms with Crippen molar-refractivity contribution in [1.82, 2.24) is 9.97 Å². The average Bonchev–Trinajstić information content (AvgIpc) is 2.29. The number of fused-ring (bicyclic) bond motifs is 3. The fraction of sp³-hybridized carbons (Fsp3) is 0. The maximum absolute atomic E-state index is 11.7. The van der Waals surface area contributed by atoms with Crippen molar-refractivity contribution in [3.8, 4) is 0 Å². The van der Waals surface area contributed by atoms with Crippen molar-refractivity contribution in [3.05, 3.63) is 53.1 Å². The summed E-state index contributed by atoms with van der Waals surface area (Å²) in [5.41, 5.74) is 0.647. The summed E-state index contributed by atoms with van der Waals surface area (Å²) in [6, 6.07) is 11.7. The highest BCUT2D eigenvalue weighted by atomic mass is 16.1. The van der Waals surface area contributed by atoms with E-state index in [9.17, 15) is 4.79 Å². The van der Waals surface area contributed by atoms with Gasteiger partial charge in [0, 0.05) is 0 Å². The van der Waals surface area contributed by atoms with E-state index in [2.05, 4.69) is 9.97 Å². The van der Waals surface area contributed by atoms with Crippen LogP contribution in [0.5, 0.6) is 0 Å². The third kappa shape index (κ3) is 1.13. The Labute approximate surface area is 85.4 Å². The van der Waals surface area contributed by atoms with Crippen LogP contribution in [0, 0.1) is 0 Å². The summed E-state index contributed by atoms with van der Waals surface area (Å²) in [6.45, 7) is 0. The number of aromatic nitrogens is 2. The zero-order chi connectivity index (χ0) is 10.3. The van der Waals surface area contributed by atoms with Crippen molar-refractivity contribution in [2.24, 2.45) is 0 Å². The molecule has 3 aromatic rings. The van der Waals surface area contributed by atoms with Crippen LogP contribution in [0.3, 0.4) is 0 Å². The van der Waals surface area contributed by atoms with Crippen LogP contribution in [-0.2, 0) is 0 Å². The Morgan fingerprint density at radius 1 is 1.07 bits per heavy atom. The highest BCUT2D eigenvalue weighted by Gasteiger charge is 2.03. The van der Waals surface area contributed by atoms with E-state index in [0.29, 0.717) is 5.39 Å². The molecule has 0 unspecified atom stereocenters. The topological polar surface area (TPSA) is 45.8 Å². The SMILES string of the molecule is O=c1[nH]cnc2ccc3ccccc3c12. The molecule has 0 aliphatic carbocycles. The number of nitrogens with zero attached hydrogens (tertiary/aromatic N) is 1. The minimum absolute atomic E-state index is 0.0863. The lowest BCUT2D eigenvalue weighted by Gasteiger charge is -2.00. The summed E-state index contributed by atoms with van der Waals surface area (Å²) in [7, 11) is 0. The van der Waals surface area contributed by atoms with Gasteiger partial charge in [0.25, 0.3) is 5.56 Å². The van der Waals surface area contributed by atoms with Gasteiger partial charge in [0.15, 0.2) is 0 Å². The molecule has 0 aliphatic rings. The van der Waals surface area contributed by atoms with Crippen molar-refractivity contribution in [1.29, 1.82) is 0 Å². The fourth-order valence-corrected chi connectivity index (χ4v) is 1.84. The average molecular weight is 196 g/mol. The van der Waals surface area contributed by atoms with Crippen LogP contribution in [0.25, 0.3) is 21.7 Å². The second-order valence-corrected chi connectivity index (χ2v) is 3.41. The molecule has 1 aromatic heterocycles. The van der Waals surface area contributed by atoms with Gasteiger partial charge in [-0.25, -0.2) is 4.98 Å². The van der Waals surface area contributed by atoms with Crippen LogP contribution >= 0.6 is 0 Å². The molecule has 0 saturated heterocycles. The first-order valence-corrected chi connectivity index (χ1v) is 4.71. The predicted molar refractivity (Wildman–Crippen MR) is 59.9 cm³/mol. The Hall–Kier alpha value is -2.16. The molecule has 2 aromatic carbocycles. The summed E-state index contributed by atoms with van der Waals surface area (Å²) < 4.78 is 0. The molecule has 1 N–H and O–H groups in total. The van der Waals surface area contributed by atoms with Crippen LogP contribution < -0.4 is 5.56 Å². The molecule has 0 aliphatic heterocycles. The number of hydrogen-bond acceptors (Lipinski definition) is 2. The van der Waals surface area contributed by atoms with Crippen LogP contribution in [0.15, 0.2) is 47.5 Å². The lowest BCUT2D eigenvalue weighted by atomic mass is 10.1. The lowest BCUT2D eigenvalue weighted by Crippen LogP contribution is -2.06. The second kappa shape index (κ2) is 2.92. The second-order valence-electron chi connectivity index (χ2n) is 3.41. The Kier molecular flexibility index (Phi) is 1.59. The maximum Gasteiger partial charge on any atom is 0.259 e. The van der Waals surface area contributed by atoms with E-state index < -0.39 is 0 Å². The standard InChI is InChI=1S/C12H8N2O/c15-12-11-9-4-2-1-3-8(9)5-6-10(11)13-7-14-12/h1-7H,(H,13,14,15). The molecule has 0 spiro atoms. The Bertz CT molecular complexity index is 700. The van der Waals surface area contributed by atoms with Crippen molar-refractivity contribution >= 4 is 21.7 Å². The summed E-state index contributed by atoms with van der Waals surface area (Å²) in [4.78, 5) is 18.4. The van der Waals surface area contributed by atoms with Gasteiger partial charge in [-0.15, -0.1) is 0 Å². The molecule has 3 rings (SSSR count). The van der Waals surface area contributed by atoms with Crippen LogP contribution in [-0.4, -0.2) is 9.97 Å². The Morgan fingerprint density at radius 2 is 1.93 bits per heavy atom. The number of H-pyrrole nitrogens is 1. The van der Waals surface area contributed by atoms with Crippen LogP contribution in [0.4, 0.5) is 0 Å². The summed E-state index contributed by atoms with van der Waals surface area (Å²) in [5, 5.41) is 2.67. The molecular formula is C12H8N2O. The van der Waals surface area contributed by atoms with Gasteiger partial charge in [0.2, 0.25) is 0 Å². The number of hydrogen-bond donors (Lipinski definition) is 1. The van der Waals surface area contributed by atoms with Gasteiger partial charge in [-0.2, -0.15) is 0 Å². The summed E-state index contributed by atoms with van der Waals surface area (Å²) in [6.07, 6.45) is 1.43. The lowest BCUT2D eigenvalue weighted by molar-refractivity contribution is 1.17. The van der Waals surface area contributed by atoms with E-state index in [4.69, 9.17) is 0 Å². The number of aromatic amines is 1. The van der Waals surface area contributed by atoms with Crippen molar-refractivity contribution in [3.63, 3.8) is 0 Å². The van der Waals surface area contributed by atoms with E-state index in [0.717, 1.165) is 16.3 Å². The minimum Gasteiger partial charge on any atom is -0.313 e. The van der Waals surface area contributed by atoms with Crippen molar-refractivity contribution in [2.45, 2.75) is 0 Å². The van der Waals surface area contributed by atoms with Gasteiger partial charge in [-0.3, -0.25) is 4.79 Å². The molecule has 0 saturated carbocycles. The van der Waals surface area contributed by atoms with E-state index in [-0.39, 0.29) is 5.56 Å². The zero-order valence-corrected chi connectivity index (χ0v) is 7.90. The molecule has 15 heavy (non-hydrogen) atoms. The molecule has 3 nitrogen and oxygen atoms in total. The molecule has 0 atom stereocenters. The first-order valence-electron chi connectivity index (χ1n) is 4.71. The Morgan fingerprint density at radius 3 is 2.87 bits per heavy atom. The maximum atomic E-state index is 11.7. The number of nitrogens with one attached hydrogen (secondary N) is 1. The van der Waals surface area contributed by atoms with Gasteiger partial charge in [0.05, 0.1) is 17.2 Å². The van der Waals surface area contributed by atoms with E-state index in [1.54, 1.807) is 0 Å². The molecule has 3 heteroatoms. The number of benzene rings is 2. The molecule has 0 amide bonds. The molecule has 0 radical (unpaired) electrons. The Balaban J connectivity index is 2.70. The largest absolute Gasteiger partial charge is 0.313 e. The summed E-state index contributed by atoms with van der Waals surface area (Å²) >= 11 is 0. The molecule has 72 valence electrons. The van der Waals surface area contributed by atoms with Gasteiger partial charge < -0.3 is 4.98 Å². The van der Waals surface area contributed by atoms with E-state index in [1.807, 2.05) is 36.4 Å². The third-order valence-corrected chi connectivity index (χ3v) is 2.53. The van der Waals surface area contributed by atoms with E-state index in [1.165, 1.54) is 6.33 Å². The number of rotatable bonds is 0. The fourth-order valence-electron chi connectivity index (χ4n) is 1.84. The zero-order valence-electron chi connectivity index (χ0n) is 7.90. The quantitative estimate of drug-likeness (QED) is 0.559. The van der Waals surface area contributed by atoms with Crippen LogP contribution in [0.1, 0.15) is 0 Å². The van der Waals surface area contributed by atoms with Crippen LogP contribution in [0.2, 0.25) is 0 Å². The van der Waals surface area contributed by atoms with Gasteiger partial charge in [0.1, 0.15) is 0 Å². The highest BCUT2D eigenvalue weighted by molar-refractivity contribution is 6.05. The third-order valence-electron chi connectivity index (χ3n) is 2.53. The molecule has 1 heterocycles. The first-order chi connectivity index (χ1) is 7.36. The van der Waals surface area contributed by atoms with Gasteiger partial charge >= 0.3 is 0 Å². The van der Waals surface area contributed by atoms with Crippen molar-refractivity contribution in [2.75, 3.05) is 0 Å². The predicted octanol–water partition coefficient (Wildman–Crippen LogP) is 2.08. The minimum atomic E-state index is -0.0863. The molecule has 0 fully saturated rings. The highest BCUT2D eigenvalue weighted by Crippen LogP contribution is 2.20. The normalized spacial score (nSPS) is 10.9. The van der Waals surface area contributed by atoms with Gasteiger partial charge in [-0.1, -0.05) is 30.3 Å². The smallest absolute Gasteiger partial charge is 0.259 e. The van der Waals surface area contributed by atoms with Crippen molar-refractivity contribution < 1.29 is 0 Å². The molecule has 0 bridgehead atoms. The van der Waals surface area contributed by atoms with E-state index >= 15 is 0 Å². The monoisotopic (exact) mass is 196 g/mol. The first kappa shape index (κ1) is 8.17. The molecular weight excluding hydrogens is 188 g/mol. The van der Waals surface area contributed by atoms with Gasteiger partial charge in [-0.05, 0) is 16.8 Å². The summed E-state index contributed by atoms with van der Waals surface area (Å²) in [5.74, 6) is 0.